The molecule has 0 saturated heterocycles. The standard InChI is InChI=1S/C20H32N2O4/c1-7-11-22(12-8-2)19(24)20(3,4)18(23)21-14-15-9-10-16(25-5)17(13-15)26-6/h9-10,13H,7-8,11-12,14H2,1-6H3,(H,21,23). The molecule has 0 fully saturated rings. The fourth-order valence-corrected chi connectivity index (χ4v) is 2.74. The van der Waals surface area contributed by atoms with E-state index in [9.17, 15) is 9.59 Å². The van der Waals surface area contributed by atoms with Crippen LogP contribution in [-0.4, -0.2) is 44.0 Å². The van der Waals surface area contributed by atoms with Crippen LogP contribution in [-0.2, 0) is 16.1 Å². The Morgan fingerprint density at radius 3 is 2.12 bits per heavy atom. The van der Waals surface area contributed by atoms with Crippen molar-refractivity contribution in [2.75, 3.05) is 27.3 Å². The molecule has 146 valence electrons. The smallest absolute Gasteiger partial charge is 0.237 e. The average molecular weight is 364 g/mol. The van der Waals surface area contributed by atoms with Gasteiger partial charge in [-0.2, -0.15) is 0 Å². The summed E-state index contributed by atoms with van der Waals surface area (Å²) in [4.78, 5) is 27.2. The van der Waals surface area contributed by atoms with Crippen molar-refractivity contribution in [1.29, 1.82) is 0 Å². The molecule has 0 unspecified atom stereocenters. The predicted molar refractivity (Wildman–Crippen MR) is 102 cm³/mol. The second kappa shape index (κ2) is 10.0. The summed E-state index contributed by atoms with van der Waals surface area (Å²) in [6.07, 6.45) is 1.74. The van der Waals surface area contributed by atoms with Gasteiger partial charge in [0.25, 0.3) is 0 Å². The van der Waals surface area contributed by atoms with Gasteiger partial charge in [0.1, 0.15) is 5.41 Å². The summed E-state index contributed by atoms with van der Waals surface area (Å²) in [6.45, 7) is 9.06. The molecule has 6 nitrogen and oxygen atoms in total. The minimum atomic E-state index is -1.11. The molecule has 1 rings (SSSR count). The predicted octanol–water partition coefficient (Wildman–Crippen LogP) is 2.99. The van der Waals surface area contributed by atoms with Crippen LogP contribution in [0.4, 0.5) is 0 Å². The van der Waals surface area contributed by atoms with Gasteiger partial charge >= 0.3 is 0 Å². The first-order chi connectivity index (χ1) is 12.3. The molecule has 1 N–H and O–H groups in total. The molecule has 0 aliphatic rings. The Morgan fingerprint density at radius 2 is 1.62 bits per heavy atom. The molecular formula is C20H32N2O4. The van der Waals surface area contributed by atoms with E-state index < -0.39 is 5.41 Å². The zero-order chi connectivity index (χ0) is 19.7. The highest BCUT2D eigenvalue weighted by Gasteiger charge is 2.38. The van der Waals surface area contributed by atoms with Gasteiger partial charge in [0, 0.05) is 19.6 Å². The van der Waals surface area contributed by atoms with Crippen LogP contribution in [0.25, 0.3) is 0 Å². The summed E-state index contributed by atoms with van der Waals surface area (Å²) in [5.41, 5.74) is -0.237. The van der Waals surface area contributed by atoms with Gasteiger partial charge in [0.05, 0.1) is 14.2 Å². The van der Waals surface area contributed by atoms with Crippen molar-refractivity contribution in [2.24, 2.45) is 5.41 Å². The highest BCUT2D eigenvalue weighted by molar-refractivity contribution is 6.04. The molecule has 0 aliphatic carbocycles. The van der Waals surface area contributed by atoms with E-state index in [4.69, 9.17) is 9.47 Å². The number of hydrogen-bond donors (Lipinski definition) is 1. The maximum Gasteiger partial charge on any atom is 0.237 e. The first kappa shape index (κ1) is 21.8. The molecule has 0 saturated carbocycles. The zero-order valence-electron chi connectivity index (χ0n) is 16.8. The fourth-order valence-electron chi connectivity index (χ4n) is 2.74. The second-order valence-corrected chi connectivity index (χ2v) is 6.79. The van der Waals surface area contributed by atoms with Gasteiger partial charge in [-0.3, -0.25) is 9.59 Å². The van der Waals surface area contributed by atoms with Gasteiger partial charge in [-0.15, -0.1) is 0 Å². The minimum absolute atomic E-state index is 0.133. The quantitative estimate of drug-likeness (QED) is 0.648. The van der Waals surface area contributed by atoms with Gasteiger partial charge in [-0.1, -0.05) is 19.9 Å². The van der Waals surface area contributed by atoms with Crippen LogP contribution >= 0.6 is 0 Å². The average Bonchev–Trinajstić information content (AvgIpc) is 2.64. The van der Waals surface area contributed by atoms with E-state index in [0.29, 0.717) is 31.1 Å². The number of amides is 2. The molecular weight excluding hydrogens is 332 g/mol. The number of carbonyl (C=O) groups excluding carboxylic acids is 2. The summed E-state index contributed by atoms with van der Waals surface area (Å²) in [7, 11) is 3.14. The zero-order valence-corrected chi connectivity index (χ0v) is 16.8. The molecule has 1 aromatic rings. The Bertz CT molecular complexity index is 608. The first-order valence-electron chi connectivity index (χ1n) is 9.10. The molecule has 0 radical (unpaired) electrons. The van der Waals surface area contributed by atoms with E-state index >= 15 is 0 Å². The lowest BCUT2D eigenvalue weighted by Crippen LogP contribution is -2.49. The van der Waals surface area contributed by atoms with Gasteiger partial charge < -0.3 is 19.7 Å². The summed E-state index contributed by atoms with van der Waals surface area (Å²) >= 11 is 0. The molecule has 0 spiro atoms. The normalized spacial score (nSPS) is 11.0. The highest BCUT2D eigenvalue weighted by Crippen LogP contribution is 2.27. The number of hydrogen-bond acceptors (Lipinski definition) is 4. The first-order valence-corrected chi connectivity index (χ1v) is 9.10. The number of rotatable bonds is 10. The summed E-state index contributed by atoms with van der Waals surface area (Å²) in [5, 5.41) is 2.87. The summed E-state index contributed by atoms with van der Waals surface area (Å²) in [5.74, 6) is 0.819. The van der Waals surface area contributed by atoms with Crippen molar-refractivity contribution < 1.29 is 19.1 Å². The van der Waals surface area contributed by atoms with Crippen LogP contribution in [0.3, 0.4) is 0 Å². The number of nitrogens with one attached hydrogen (secondary N) is 1. The lowest BCUT2D eigenvalue weighted by molar-refractivity contribution is -0.148. The van der Waals surface area contributed by atoms with Gasteiger partial charge in [-0.05, 0) is 44.4 Å². The molecule has 26 heavy (non-hydrogen) atoms. The Labute approximate surface area is 156 Å². The van der Waals surface area contributed by atoms with Crippen molar-refractivity contribution >= 4 is 11.8 Å². The van der Waals surface area contributed by atoms with Crippen LogP contribution in [0, 0.1) is 5.41 Å². The summed E-state index contributed by atoms with van der Waals surface area (Å²) in [6, 6.07) is 5.46. The molecule has 0 atom stereocenters. The van der Waals surface area contributed by atoms with Crippen LogP contribution in [0.15, 0.2) is 18.2 Å². The van der Waals surface area contributed by atoms with E-state index in [1.54, 1.807) is 39.0 Å². The number of ether oxygens (including phenoxy) is 2. The van der Waals surface area contributed by atoms with E-state index in [0.717, 1.165) is 18.4 Å². The van der Waals surface area contributed by atoms with Crippen molar-refractivity contribution in [3.63, 3.8) is 0 Å². The molecule has 0 aromatic heterocycles. The molecule has 2 amide bonds. The van der Waals surface area contributed by atoms with Crippen LogP contribution in [0.2, 0.25) is 0 Å². The SMILES string of the molecule is CCCN(CCC)C(=O)C(C)(C)C(=O)NCc1ccc(OC)c(OC)c1. The van der Waals surface area contributed by atoms with Crippen LogP contribution in [0.5, 0.6) is 11.5 Å². The second-order valence-electron chi connectivity index (χ2n) is 6.79. The number of nitrogens with zero attached hydrogens (tertiary/aromatic N) is 1. The van der Waals surface area contributed by atoms with E-state index in [1.165, 1.54) is 0 Å². The van der Waals surface area contributed by atoms with Crippen molar-refractivity contribution in [2.45, 2.75) is 47.1 Å². The highest BCUT2D eigenvalue weighted by atomic mass is 16.5. The molecule has 1 aromatic carbocycles. The van der Waals surface area contributed by atoms with E-state index in [-0.39, 0.29) is 11.8 Å². The van der Waals surface area contributed by atoms with Crippen LogP contribution < -0.4 is 14.8 Å². The van der Waals surface area contributed by atoms with Gasteiger partial charge in [0.2, 0.25) is 11.8 Å². The molecule has 0 heterocycles. The summed E-state index contributed by atoms with van der Waals surface area (Å²) < 4.78 is 10.5. The monoisotopic (exact) mass is 364 g/mol. The number of benzene rings is 1. The number of carbonyl (C=O) groups is 2. The maximum absolute atomic E-state index is 12.8. The maximum atomic E-state index is 12.8. The van der Waals surface area contributed by atoms with Crippen LogP contribution in [0.1, 0.15) is 46.1 Å². The molecule has 0 aliphatic heterocycles. The van der Waals surface area contributed by atoms with Crippen molar-refractivity contribution in [3.8, 4) is 11.5 Å². The Kier molecular flexibility index (Phi) is 8.42. The van der Waals surface area contributed by atoms with E-state index in [2.05, 4.69) is 5.32 Å². The third-order valence-corrected chi connectivity index (χ3v) is 4.28. The van der Waals surface area contributed by atoms with Crippen molar-refractivity contribution in [3.05, 3.63) is 23.8 Å². The largest absolute Gasteiger partial charge is 0.493 e. The number of methoxy groups -OCH3 is 2. The van der Waals surface area contributed by atoms with Gasteiger partial charge in [-0.25, -0.2) is 0 Å². The topological polar surface area (TPSA) is 67.9 Å². The molecule has 6 heteroatoms. The Balaban J connectivity index is 2.80. The third-order valence-electron chi connectivity index (χ3n) is 4.28. The van der Waals surface area contributed by atoms with E-state index in [1.807, 2.05) is 26.0 Å². The minimum Gasteiger partial charge on any atom is -0.493 e. The Hall–Kier alpha value is -2.24. The third kappa shape index (κ3) is 5.38. The lowest BCUT2D eigenvalue weighted by atomic mass is 9.90. The lowest BCUT2D eigenvalue weighted by Gasteiger charge is -2.30. The Morgan fingerprint density at radius 1 is 1.04 bits per heavy atom. The van der Waals surface area contributed by atoms with Crippen molar-refractivity contribution in [1.82, 2.24) is 10.2 Å². The van der Waals surface area contributed by atoms with Gasteiger partial charge in [0.15, 0.2) is 11.5 Å². The fraction of sp³-hybridized carbons (Fsp3) is 0.600. The molecule has 0 bridgehead atoms.